The highest BCUT2D eigenvalue weighted by Gasteiger charge is 2.24. The van der Waals surface area contributed by atoms with E-state index < -0.39 is 11.2 Å². The zero-order valence-electron chi connectivity index (χ0n) is 18.1. The smallest absolute Gasteiger partial charge is 0.330 e. The number of hydrogen-bond donors (Lipinski definition) is 3. The Morgan fingerprint density at radius 2 is 1.91 bits per heavy atom. The Morgan fingerprint density at radius 3 is 2.59 bits per heavy atom. The van der Waals surface area contributed by atoms with E-state index in [1.165, 1.54) is 16.6 Å². The quantitative estimate of drug-likeness (QED) is 0.467. The fourth-order valence-corrected chi connectivity index (χ4v) is 3.33. The van der Waals surface area contributed by atoms with Gasteiger partial charge in [0.15, 0.2) is 5.69 Å². The Bertz CT molecular complexity index is 1190. The largest absolute Gasteiger partial charge is 0.383 e. The van der Waals surface area contributed by atoms with Crippen LogP contribution in [0.15, 0.2) is 64.2 Å². The Morgan fingerprint density at radius 1 is 1.16 bits per heavy atom. The van der Waals surface area contributed by atoms with Gasteiger partial charge in [-0.1, -0.05) is 42.5 Å². The number of methoxy groups -OCH3 is 1. The number of carbonyl (C=O) groups excluding carboxylic acids is 1. The van der Waals surface area contributed by atoms with Gasteiger partial charge >= 0.3 is 5.69 Å². The van der Waals surface area contributed by atoms with Gasteiger partial charge in [-0.3, -0.25) is 19.1 Å². The van der Waals surface area contributed by atoms with E-state index in [2.05, 4.69) is 10.3 Å². The van der Waals surface area contributed by atoms with Gasteiger partial charge in [-0.2, -0.15) is 0 Å². The molecule has 9 heteroatoms. The van der Waals surface area contributed by atoms with Crippen LogP contribution in [-0.2, 0) is 16.1 Å². The molecule has 0 saturated heterocycles. The minimum absolute atomic E-state index is 0.0656. The Labute approximate surface area is 185 Å². The van der Waals surface area contributed by atoms with E-state index in [4.69, 9.17) is 10.5 Å². The third kappa shape index (κ3) is 5.44. The average molecular weight is 438 g/mol. The molecule has 0 aliphatic carbocycles. The molecule has 0 atom stereocenters. The highest BCUT2D eigenvalue weighted by molar-refractivity contribution is 5.98. The molecule has 1 amide bonds. The van der Waals surface area contributed by atoms with E-state index in [1.807, 2.05) is 61.5 Å². The van der Waals surface area contributed by atoms with E-state index in [9.17, 15) is 14.4 Å². The number of hydrogen-bond acceptors (Lipinski definition) is 6. The molecular formula is C23H27N5O4. The number of aromatic amines is 1. The summed E-state index contributed by atoms with van der Waals surface area (Å²) in [5.74, 6) is -0.465. The van der Waals surface area contributed by atoms with Crippen LogP contribution in [0.25, 0.3) is 0 Å². The standard InChI is InChI=1S/C23H27N5O4/c1-16-7-6-10-18(13-16)25-14-19(29)27(11-12-32-2)20-21(24)28(23(31)26-22(20)30)15-17-8-4-3-5-9-17/h3-10,13,25H,11-12,14-15,24H2,1-2H3,(H,26,30,31). The van der Waals surface area contributed by atoms with Gasteiger partial charge in [0.25, 0.3) is 5.56 Å². The Hall–Kier alpha value is -3.85. The number of rotatable bonds is 9. The summed E-state index contributed by atoms with van der Waals surface area (Å²) < 4.78 is 6.36. The second-order valence-corrected chi connectivity index (χ2v) is 7.33. The molecule has 9 nitrogen and oxygen atoms in total. The van der Waals surface area contributed by atoms with Crippen LogP contribution in [0.1, 0.15) is 11.1 Å². The molecule has 0 saturated carbocycles. The first-order valence-corrected chi connectivity index (χ1v) is 10.2. The molecule has 0 fully saturated rings. The third-order valence-electron chi connectivity index (χ3n) is 4.95. The lowest BCUT2D eigenvalue weighted by molar-refractivity contribution is -0.117. The molecular weight excluding hydrogens is 410 g/mol. The first-order valence-electron chi connectivity index (χ1n) is 10.2. The van der Waals surface area contributed by atoms with Gasteiger partial charge in [0.1, 0.15) is 5.82 Å². The lowest BCUT2D eigenvalue weighted by atomic mass is 10.2. The van der Waals surface area contributed by atoms with Crippen LogP contribution in [0.2, 0.25) is 0 Å². The van der Waals surface area contributed by atoms with Crippen LogP contribution in [0.4, 0.5) is 17.2 Å². The highest BCUT2D eigenvalue weighted by atomic mass is 16.5. The summed E-state index contributed by atoms with van der Waals surface area (Å²) in [5, 5.41) is 3.06. The van der Waals surface area contributed by atoms with Gasteiger partial charge in [-0.15, -0.1) is 0 Å². The fourth-order valence-electron chi connectivity index (χ4n) is 3.33. The number of nitrogens with two attached hydrogens (primary N) is 1. The maximum Gasteiger partial charge on any atom is 0.330 e. The van der Waals surface area contributed by atoms with Gasteiger partial charge in [0, 0.05) is 19.3 Å². The van der Waals surface area contributed by atoms with E-state index >= 15 is 0 Å². The van der Waals surface area contributed by atoms with Gasteiger partial charge in [0.2, 0.25) is 5.91 Å². The second-order valence-electron chi connectivity index (χ2n) is 7.33. The summed E-state index contributed by atoms with van der Waals surface area (Å²) in [5.41, 5.74) is 7.47. The van der Waals surface area contributed by atoms with Crippen molar-refractivity contribution in [3.05, 3.63) is 86.6 Å². The second kappa shape index (κ2) is 10.5. The van der Waals surface area contributed by atoms with E-state index in [0.717, 1.165) is 16.8 Å². The van der Waals surface area contributed by atoms with Crippen molar-refractivity contribution >= 4 is 23.1 Å². The summed E-state index contributed by atoms with van der Waals surface area (Å²) in [7, 11) is 1.50. The molecule has 3 rings (SSSR count). The van der Waals surface area contributed by atoms with E-state index in [0.29, 0.717) is 0 Å². The van der Waals surface area contributed by atoms with Crippen molar-refractivity contribution in [1.82, 2.24) is 9.55 Å². The maximum absolute atomic E-state index is 13.1. The molecule has 2 aromatic carbocycles. The number of nitrogens with one attached hydrogen (secondary N) is 2. The zero-order chi connectivity index (χ0) is 23.1. The van der Waals surface area contributed by atoms with Crippen LogP contribution >= 0.6 is 0 Å². The minimum Gasteiger partial charge on any atom is -0.383 e. The number of ether oxygens (including phenoxy) is 1. The van der Waals surface area contributed by atoms with Gasteiger partial charge in [0.05, 0.1) is 19.7 Å². The Kier molecular flexibility index (Phi) is 7.45. The number of carbonyl (C=O) groups is 1. The molecule has 0 radical (unpaired) electrons. The molecule has 0 aliphatic rings. The topological polar surface area (TPSA) is 122 Å². The van der Waals surface area contributed by atoms with Crippen LogP contribution < -0.4 is 27.2 Å². The monoisotopic (exact) mass is 437 g/mol. The van der Waals surface area contributed by atoms with E-state index in [1.54, 1.807) is 0 Å². The summed E-state index contributed by atoms with van der Waals surface area (Å²) in [6.45, 7) is 2.33. The maximum atomic E-state index is 13.1. The number of nitrogens with zero attached hydrogens (tertiary/aromatic N) is 2. The summed E-state index contributed by atoms with van der Waals surface area (Å²) in [6.07, 6.45) is 0. The number of H-pyrrole nitrogens is 1. The number of aromatic nitrogens is 2. The van der Waals surface area contributed by atoms with Crippen molar-refractivity contribution in [1.29, 1.82) is 0 Å². The van der Waals surface area contributed by atoms with Crippen molar-refractivity contribution in [3.8, 4) is 0 Å². The molecule has 3 aromatic rings. The molecule has 168 valence electrons. The van der Waals surface area contributed by atoms with Crippen LogP contribution in [-0.4, -0.2) is 42.3 Å². The summed E-state index contributed by atoms with van der Waals surface area (Å²) in [6, 6.07) is 16.8. The van der Waals surface area contributed by atoms with Crippen molar-refractivity contribution in [2.24, 2.45) is 0 Å². The first kappa shape index (κ1) is 22.8. The molecule has 0 aliphatic heterocycles. The average Bonchev–Trinajstić information content (AvgIpc) is 2.78. The minimum atomic E-state index is -0.725. The number of nitrogen functional groups attached to an aromatic ring is 1. The van der Waals surface area contributed by atoms with Gasteiger partial charge < -0.3 is 20.7 Å². The molecule has 1 heterocycles. The number of anilines is 3. The van der Waals surface area contributed by atoms with Crippen LogP contribution in [0.5, 0.6) is 0 Å². The Balaban J connectivity index is 1.93. The number of amides is 1. The number of benzene rings is 2. The molecule has 0 spiro atoms. The normalized spacial score (nSPS) is 10.7. The van der Waals surface area contributed by atoms with E-state index in [-0.39, 0.29) is 43.7 Å². The van der Waals surface area contributed by atoms with Crippen molar-refractivity contribution < 1.29 is 9.53 Å². The molecule has 0 bridgehead atoms. The lowest BCUT2D eigenvalue weighted by Crippen LogP contribution is -2.44. The predicted molar refractivity (Wildman–Crippen MR) is 125 cm³/mol. The van der Waals surface area contributed by atoms with Gasteiger partial charge in [-0.05, 0) is 30.2 Å². The SMILES string of the molecule is COCCN(C(=O)CNc1cccc(C)c1)c1c(N)n(Cc2ccccc2)c(=O)[nH]c1=O. The number of aryl methyl sites for hydroxylation is 1. The summed E-state index contributed by atoms with van der Waals surface area (Å²) >= 11 is 0. The predicted octanol–water partition coefficient (Wildman–Crippen LogP) is 1.57. The third-order valence-corrected chi connectivity index (χ3v) is 4.95. The molecule has 0 unspecified atom stereocenters. The van der Waals surface area contributed by atoms with Gasteiger partial charge in [-0.25, -0.2) is 4.79 Å². The summed E-state index contributed by atoms with van der Waals surface area (Å²) in [4.78, 5) is 41.8. The fraction of sp³-hybridized carbons (Fsp3) is 0.261. The lowest BCUT2D eigenvalue weighted by Gasteiger charge is -2.24. The van der Waals surface area contributed by atoms with Crippen LogP contribution in [0.3, 0.4) is 0 Å². The molecule has 1 aromatic heterocycles. The zero-order valence-corrected chi connectivity index (χ0v) is 18.1. The first-order chi connectivity index (χ1) is 15.4. The van der Waals surface area contributed by atoms with Crippen molar-refractivity contribution in [2.45, 2.75) is 13.5 Å². The highest BCUT2D eigenvalue weighted by Crippen LogP contribution is 2.18. The van der Waals surface area contributed by atoms with Crippen molar-refractivity contribution in [2.75, 3.05) is 42.8 Å². The molecule has 32 heavy (non-hydrogen) atoms. The molecule has 4 N–H and O–H groups in total. The van der Waals surface area contributed by atoms with Crippen molar-refractivity contribution in [3.63, 3.8) is 0 Å². The van der Waals surface area contributed by atoms with Crippen LogP contribution in [0, 0.1) is 6.92 Å².